The lowest BCUT2D eigenvalue weighted by atomic mass is 9.46. The average Bonchev–Trinajstić information content (AvgIpc) is 2.84. The Labute approximate surface area is 134 Å². The molecule has 0 amide bonds. The van der Waals surface area contributed by atoms with E-state index in [1.54, 1.807) is 0 Å². The Morgan fingerprint density at radius 3 is 2.64 bits per heavy atom. The first kappa shape index (κ1) is 14.8. The van der Waals surface area contributed by atoms with Crippen LogP contribution in [0.2, 0.25) is 0 Å². The second-order valence-electron chi connectivity index (χ2n) is 9.01. The summed E-state index contributed by atoms with van der Waals surface area (Å²) in [4.78, 5) is 11.7. The summed E-state index contributed by atoms with van der Waals surface area (Å²) in [6.45, 7) is 4.81. The summed E-state index contributed by atoms with van der Waals surface area (Å²) in [5.74, 6) is 2.47. The van der Waals surface area contributed by atoms with Crippen LogP contribution in [0.4, 0.5) is 0 Å². The number of carboxylic acids is 1. The molecule has 3 saturated carbocycles. The van der Waals surface area contributed by atoms with Gasteiger partial charge in [0.2, 0.25) is 0 Å². The van der Waals surface area contributed by atoms with E-state index in [1.807, 2.05) is 0 Å². The second kappa shape index (κ2) is 4.85. The largest absolute Gasteiger partial charge is 0.481 e. The fourth-order valence-electron chi connectivity index (χ4n) is 7.23. The van der Waals surface area contributed by atoms with Crippen LogP contribution in [-0.2, 0) is 4.79 Å². The number of fused-ring (bicyclic) bond motifs is 5. The topological polar surface area (TPSA) is 37.3 Å². The summed E-state index contributed by atoms with van der Waals surface area (Å²) in [5, 5.41) is 9.64. The molecule has 0 aromatic rings. The lowest BCUT2D eigenvalue weighted by Gasteiger charge is -2.59. The number of rotatable bonds is 1. The first-order valence-electron chi connectivity index (χ1n) is 9.37. The Bertz CT molecular complexity index is 510. The minimum Gasteiger partial charge on any atom is -0.481 e. The monoisotopic (exact) mass is 302 g/mol. The maximum absolute atomic E-state index is 11.7. The van der Waals surface area contributed by atoms with E-state index in [2.05, 4.69) is 26.0 Å². The van der Waals surface area contributed by atoms with Crippen molar-refractivity contribution in [1.29, 1.82) is 0 Å². The molecule has 0 aromatic heterocycles. The molecule has 4 rings (SSSR count). The quantitative estimate of drug-likeness (QED) is 0.700. The number of carboxylic acid groups (broad SMARTS) is 1. The molecule has 2 heteroatoms. The van der Waals surface area contributed by atoms with Gasteiger partial charge in [0.25, 0.3) is 0 Å². The summed E-state index contributed by atoms with van der Waals surface area (Å²) < 4.78 is 0. The molecule has 1 N–H and O–H groups in total. The third-order valence-corrected chi connectivity index (χ3v) is 8.42. The molecule has 4 aliphatic carbocycles. The van der Waals surface area contributed by atoms with Gasteiger partial charge in [-0.2, -0.15) is 0 Å². The molecule has 0 saturated heterocycles. The SMILES string of the molecule is C[C@]12C=CCCC1CC[C@@H]1[C@H]2CC[C@]2(C)C(C(=O)O)CC[C@@H]12. The van der Waals surface area contributed by atoms with Gasteiger partial charge in [0.15, 0.2) is 0 Å². The van der Waals surface area contributed by atoms with Crippen molar-refractivity contribution in [1.82, 2.24) is 0 Å². The van der Waals surface area contributed by atoms with Crippen molar-refractivity contribution >= 4 is 5.97 Å². The fourth-order valence-corrected chi connectivity index (χ4v) is 7.23. The van der Waals surface area contributed by atoms with Gasteiger partial charge in [0.1, 0.15) is 0 Å². The minimum atomic E-state index is -0.541. The lowest BCUT2D eigenvalue weighted by molar-refractivity contribution is -0.150. The van der Waals surface area contributed by atoms with Crippen LogP contribution in [0.25, 0.3) is 0 Å². The average molecular weight is 302 g/mol. The van der Waals surface area contributed by atoms with Gasteiger partial charge in [-0.15, -0.1) is 0 Å². The third kappa shape index (κ3) is 1.82. The first-order valence-corrected chi connectivity index (χ1v) is 9.37. The molecule has 7 atom stereocenters. The van der Waals surface area contributed by atoms with Gasteiger partial charge >= 0.3 is 5.97 Å². The Morgan fingerprint density at radius 2 is 1.86 bits per heavy atom. The van der Waals surface area contributed by atoms with Gasteiger partial charge in [0.05, 0.1) is 5.92 Å². The molecule has 3 fully saturated rings. The van der Waals surface area contributed by atoms with Crippen molar-refractivity contribution in [2.45, 2.75) is 65.2 Å². The second-order valence-corrected chi connectivity index (χ2v) is 9.01. The first-order chi connectivity index (χ1) is 10.5. The van der Waals surface area contributed by atoms with Gasteiger partial charge in [-0.3, -0.25) is 4.79 Å². The van der Waals surface area contributed by atoms with Crippen LogP contribution in [0.5, 0.6) is 0 Å². The zero-order valence-corrected chi connectivity index (χ0v) is 14.1. The molecule has 0 bridgehead atoms. The number of hydrogen-bond donors (Lipinski definition) is 1. The number of carbonyl (C=O) groups is 1. The summed E-state index contributed by atoms with van der Waals surface area (Å²) in [5.41, 5.74) is 0.457. The minimum absolute atomic E-state index is 0.0641. The molecule has 0 radical (unpaired) electrons. The van der Waals surface area contributed by atoms with E-state index in [-0.39, 0.29) is 11.3 Å². The molecule has 0 aromatic carbocycles. The highest BCUT2D eigenvalue weighted by atomic mass is 16.4. The molecule has 4 aliphatic rings. The Morgan fingerprint density at radius 1 is 1.05 bits per heavy atom. The van der Waals surface area contributed by atoms with E-state index in [4.69, 9.17) is 0 Å². The van der Waals surface area contributed by atoms with Crippen molar-refractivity contribution in [3.8, 4) is 0 Å². The number of allylic oxidation sites excluding steroid dienone is 2. The summed E-state index contributed by atoms with van der Waals surface area (Å²) in [7, 11) is 0. The Balaban J connectivity index is 1.66. The highest BCUT2D eigenvalue weighted by Crippen LogP contribution is 2.66. The van der Waals surface area contributed by atoms with Crippen molar-refractivity contribution in [3.05, 3.63) is 12.2 Å². The number of hydrogen-bond acceptors (Lipinski definition) is 1. The zero-order chi connectivity index (χ0) is 15.5. The van der Waals surface area contributed by atoms with Crippen molar-refractivity contribution < 1.29 is 9.90 Å². The Hall–Kier alpha value is -0.790. The van der Waals surface area contributed by atoms with Gasteiger partial charge < -0.3 is 5.11 Å². The highest BCUT2D eigenvalue weighted by Gasteiger charge is 2.60. The van der Waals surface area contributed by atoms with Crippen LogP contribution >= 0.6 is 0 Å². The van der Waals surface area contributed by atoms with Gasteiger partial charge in [-0.1, -0.05) is 26.0 Å². The summed E-state index contributed by atoms with van der Waals surface area (Å²) in [6.07, 6.45) is 14.8. The van der Waals surface area contributed by atoms with Crippen molar-refractivity contribution in [2.24, 2.45) is 40.4 Å². The molecule has 0 spiro atoms. The smallest absolute Gasteiger partial charge is 0.307 e. The normalized spacial score (nSPS) is 53.5. The van der Waals surface area contributed by atoms with E-state index in [9.17, 15) is 9.90 Å². The van der Waals surface area contributed by atoms with Crippen molar-refractivity contribution in [2.75, 3.05) is 0 Å². The lowest BCUT2D eigenvalue weighted by Crippen LogP contribution is -2.52. The maximum atomic E-state index is 11.7. The van der Waals surface area contributed by atoms with Crippen LogP contribution in [-0.4, -0.2) is 11.1 Å². The Kier molecular flexibility index (Phi) is 3.26. The maximum Gasteiger partial charge on any atom is 0.307 e. The van der Waals surface area contributed by atoms with E-state index in [0.29, 0.717) is 11.3 Å². The molecule has 2 unspecified atom stereocenters. The molecule has 22 heavy (non-hydrogen) atoms. The van der Waals surface area contributed by atoms with E-state index in [0.717, 1.165) is 37.0 Å². The fraction of sp³-hybridized carbons (Fsp3) is 0.850. The van der Waals surface area contributed by atoms with Crippen LogP contribution in [0.1, 0.15) is 65.2 Å². The van der Waals surface area contributed by atoms with Gasteiger partial charge in [0, 0.05) is 0 Å². The third-order valence-electron chi connectivity index (χ3n) is 8.42. The summed E-state index contributed by atoms with van der Waals surface area (Å²) >= 11 is 0. The molecular formula is C20H30O2. The molecule has 2 nitrogen and oxygen atoms in total. The molecule has 0 heterocycles. The van der Waals surface area contributed by atoms with Crippen LogP contribution in [0, 0.1) is 40.4 Å². The van der Waals surface area contributed by atoms with Crippen LogP contribution in [0.15, 0.2) is 12.2 Å². The summed E-state index contributed by atoms with van der Waals surface area (Å²) in [6, 6.07) is 0. The van der Waals surface area contributed by atoms with Gasteiger partial charge in [-0.05, 0) is 85.9 Å². The van der Waals surface area contributed by atoms with E-state index < -0.39 is 5.97 Å². The molecule has 122 valence electrons. The molecular weight excluding hydrogens is 272 g/mol. The zero-order valence-electron chi connectivity index (χ0n) is 14.1. The van der Waals surface area contributed by atoms with Crippen molar-refractivity contribution in [3.63, 3.8) is 0 Å². The molecule has 0 aliphatic heterocycles. The van der Waals surface area contributed by atoms with E-state index >= 15 is 0 Å². The number of aliphatic carboxylic acids is 1. The van der Waals surface area contributed by atoms with Crippen LogP contribution < -0.4 is 0 Å². The standard InChI is InChI=1S/C20H30O2/c1-19-11-4-3-5-13(19)6-7-14-15-8-9-17(18(21)22)20(15,2)12-10-16(14)19/h4,11,13-17H,3,5-10,12H2,1-2H3,(H,21,22)/t13?,14-,15-,16+,17?,19-,20-/m0/s1. The predicted molar refractivity (Wildman–Crippen MR) is 87.4 cm³/mol. The predicted octanol–water partition coefficient (Wildman–Crippen LogP) is 4.90. The van der Waals surface area contributed by atoms with Gasteiger partial charge in [-0.25, -0.2) is 0 Å². The highest BCUT2D eigenvalue weighted by molar-refractivity contribution is 5.71. The van der Waals surface area contributed by atoms with Crippen LogP contribution in [0.3, 0.4) is 0 Å². The van der Waals surface area contributed by atoms with E-state index in [1.165, 1.54) is 32.1 Å².